The summed E-state index contributed by atoms with van der Waals surface area (Å²) in [6, 6.07) is 6.06. The van der Waals surface area contributed by atoms with Gasteiger partial charge in [-0.25, -0.2) is 12.8 Å². The Labute approximate surface area is 130 Å². The summed E-state index contributed by atoms with van der Waals surface area (Å²) in [7, 11) is -3.67. The fourth-order valence-electron chi connectivity index (χ4n) is 1.64. The molecule has 1 aromatic heterocycles. The van der Waals surface area contributed by atoms with Crippen LogP contribution in [0, 0.1) is 12.7 Å². The Morgan fingerprint density at radius 1 is 1.35 bits per heavy atom. The fraction of sp³-hybridized carbons (Fsp3) is 0.231. The van der Waals surface area contributed by atoms with Crippen molar-refractivity contribution in [2.75, 3.05) is 4.72 Å². The first kappa shape index (κ1) is 15.5. The first-order valence-corrected chi connectivity index (χ1v) is 9.00. The van der Waals surface area contributed by atoms with Gasteiger partial charge < -0.3 is 0 Å². The third-order valence-corrected chi connectivity index (χ3v) is 6.46. The third-order valence-electron chi connectivity index (χ3n) is 2.76. The quantitative estimate of drug-likeness (QED) is 0.861. The molecule has 0 aliphatic heterocycles. The van der Waals surface area contributed by atoms with Crippen LogP contribution in [0.15, 0.2) is 32.9 Å². The molecule has 0 bridgehead atoms. The minimum Gasteiger partial charge on any atom is -0.279 e. The number of anilines is 1. The summed E-state index contributed by atoms with van der Waals surface area (Å²) < 4.78 is 41.0. The smallest absolute Gasteiger partial charge is 0.271 e. The molecule has 0 radical (unpaired) electrons. The molecular formula is C13H13BrFNO2S2. The lowest BCUT2D eigenvalue weighted by Crippen LogP contribution is -2.12. The van der Waals surface area contributed by atoms with E-state index < -0.39 is 15.8 Å². The highest BCUT2D eigenvalue weighted by atomic mass is 79.9. The van der Waals surface area contributed by atoms with Crippen molar-refractivity contribution in [3.05, 3.63) is 45.0 Å². The Balaban J connectivity index is 2.35. The maximum absolute atomic E-state index is 13.5. The summed E-state index contributed by atoms with van der Waals surface area (Å²) in [6.45, 7) is 3.68. The zero-order valence-electron chi connectivity index (χ0n) is 10.9. The first-order valence-electron chi connectivity index (χ1n) is 5.90. The van der Waals surface area contributed by atoms with Gasteiger partial charge in [0.2, 0.25) is 0 Å². The normalized spacial score (nSPS) is 11.6. The molecule has 0 unspecified atom stereocenters. The molecule has 20 heavy (non-hydrogen) atoms. The summed E-state index contributed by atoms with van der Waals surface area (Å²) in [5.41, 5.74) is 0.895. The van der Waals surface area contributed by atoms with Gasteiger partial charge in [0.05, 0.1) is 10.2 Å². The van der Waals surface area contributed by atoms with Gasteiger partial charge in [0, 0.05) is 4.88 Å². The summed E-state index contributed by atoms with van der Waals surface area (Å²) in [6.07, 6.45) is 0.784. The molecule has 108 valence electrons. The number of nitrogens with one attached hydrogen (secondary N) is 1. The summed E-state index contributed by atoms with van der Waals surface area (Å²) in [5.74, 6) is -0.506. The van der Waals surface area contributed by atoms with Crippen LogP contribution >= 0.6 is 27.3 Å². The van der Waals surface area contributed by atoms with Gasteiger partial charge in [0.15, 0.2) is 0 Å². The van der Waals surface area contributed by atoms with Crippen LogP contribution in [0.4, 0.5) is 10.1 Å². The Morgan fingerprint density at radius 2 is 2.05 bits per heavy atom. The number of benzene rings is 1. The second-order valence-electron chi connectivity index (χ2n) is 4.26. The number of thiophene rings is 1. The Morgan fingerprint density at radius 3 is 2.65 bits per heavy atom. The molecule has 1 heterocycles. The number of halogens is 2. The highest BCUT2D eigenvalue weighted by Crippen LogP contribution is 2.28. The molecular weight excluding hydrogens is 365 g/mol. The van der Waals surface area contributed by atoms with Crippen molar-refractivity contribution >= 4 is 43.0 Å². The molecule has 0 aliphatic rings. The largest absolute Gasteiger partial charge is 0.279 e. The molecule has 2 aromatic rings. The van der Waals surface area contributed by atoms with Gasteiger partial charge in [-0.3, -0.25) is 4.72 Å². The monoisotopic (exact) mass is 377 g/mol. The predicted molar refractivity (Wildman–Crippen MR) is 83.3 cm³/mol. The van der Waals surface area contributed by atoms with Crippen LogP contribution in [0.2, 0.25) is 0 Å². The van der Waals surface area contributed by atoms with E-state index in [2.05, 4.69) is 20.7 Å². The molecule has 1 aromatic carbocycles. The molecule has 7 heteroatoms. The molecule has 0 atom stereocenters. The number of rotatable bonds is 4. The van der Waals surface area contributed by atoms with Crippen molar-refractivity contribution in [1.82, 2.24) is 0 Å². The molecule has 0 saturated heterocycles. The van der Waals surface area contributed by atoms with Crippen LogP contribution < -0.4 is 4.72 Å². The lowest BCUT2D eigenvalue weighted by atomic mass is 10.2. The van der Waals surface area contributed by atoms with Gasteiger partial charge >= 0.3 is 0 Å². The summed E-state index contributed by atoms with van der Waals surface area (Å²) in [4.78, 5) is 0.990. The van der Waals surface area contributed by atoms with Crippen LogP contribution in [0.1, 0.15) is 17.4 Å². The zero-order valence-corrected chi connectivity index (χ0v) is 14.1. The van der Waals surface area contributed by atoms with Gasteiger partial charge in [0.1, 0.15) is 10.0 Å². The van der Waals surface area contributed by atoms with E-state index in [9.17, 15) is 12.8 Å². The van der Waals surface area contributed by atoms with Gasteiger partial charge in [-0.05, 0) is 59.1 Å². The predicted octanol–water partition coefficient (Wildman–Crippen LogP) is 4.32. The van der Waals surface area contributed by atoms with Crippen LogP contribution in [0.5, 0.6) is 0 Å². The number of hydrogen-bond acceptors (Lipinski definition) is 3. The molecule has 0 fully saturated rings. The van der Waals surface area contributed by atoms with E-state index in [4.69, 9.17) is 0 Å². The van der Waals surface area contributed by atoms with E-state index >= 15 is 0 Å². The zero-order chi connectivity index (χ0) is 14.9. The maximum Gasteiger partial charge on any atom is 0.271 e. The van der Waals surface area contributed by atoms with E-state index in [1.807, 2.05) is 6.92 Å². The number of aryl methyl sites for hydroxylation is 2. The first-order chi connectivity index (χ1) is 9.33. The molecule has 2 rings (SSSR count). The lowest BCUT2D eigenvalue weighted by molar-refractivity contribution is 0.603. The number of hydrogen-bond donors (Lipinski definition) is 1. The molecule has 0 amide bonds. The minimum absolute atomic E-state index is 0.233. The topological polar surface area (TPSA) is 46.2 Å². The number of sulfonamides is 1. The Hall–Kier alpha value is -0.920. The average molecular weight is 378 g/mol. The SMILES string of the molecule is CCc1ccc(S(=O)(=O)Nc2cc(F)c(Br)cc2C)s1. The molecule has 0 spiro atoms. The van der Waals surface area contributed by atoms with Crippen molar-refractivity contribution in [2.24, 2.45) is 0 Å². The second kappa shape index (κ2) is 5.83. The summed E-state index contributed by atoms with van der Waals surface area (Å²) in [5, 5.41) is 0. The maximum atomic E-state index is 13.5. The average Bonchev–Trinajstić information content (AvgIpc) is 2.85. The third kappa shape index (κ3) is 3.21. The van der Waals surface area contributed by atoms with E-state index in [0.717, 1.165) is 11.3 Å². The lowest BCUT2D eigenvalue weighted by Gasteiger charge is -2.10. The van der Waals surface area contributed by atoms with Crippen LogP contribution in [-0.4, -0.2) is 8.42 Å². The van der Waals surface area contributed by atoms with Crippen molar-refractivity contribution in [3.63, 3.8) is 0 Å². The van der Waals surface area contributed by atoms with Gasteiger partial charge in [-0.1, -0.05) is 6.92 Å². The van der Waals surface area contributed by atoms with Gasteiger partial charge in [0.25, 0.3) is 10.0 Å². The van der Waals surface area contributed by atoms with Crippen molar-refractivity contribution in [1.29, 1.82) is 0 Å². The highest BCUT2D eigenvalue weighted by molar-refractivity contribution is 9.10. The standard InChI is InChI=1S/C13H13BrFNO2S2/c1-3-9-4-5-13(19-9)20(17,18)16-12-7-11(15)10(14)6-8(12)2/h4-7,16H,3H2,1-2H3. The Kier molecular flexibility index (Phi) is 4.51. The van der Waals surface area contributed by atoms with E-state index in [1.54, 1.807) is 25.1 Å². The van der Waals surface area contributed by atoms with Crippen molar-refractivity contribution in [3.8, 4) is 0 Å². The Bertz CT molecular complexity index is 741. The van der Waals surface area contributed by atoms with Gasteiger partial charge in [-0.15, -0.1) is 11.3 Å². The van der Waals surface area contributed by atoms with Gasteiger partial charge in [-0.2, -0.15) is 0 Å². The fourth-order valence-corrected chi connectivity index (χ4v) is 4.52. The molecule has 1 N–H and O–H groups in total. The van der Waals surface area contributed by atoms with Crippen molar-refractivity contribution in [2.45, 2.75) is 24.5 Å². The summed E-state index contributed by atoms with van der Waals surface area (Å²) >= 11 is 4.29. The van der Waals surface area contributed by atoms with Crippen LogP contribution in [-0.2, 0) is 16.4 Å². The molecule has 3 nitrogen and oxygen atoms in total. The van der Waals surface area contributed by atoms with E-state index in [1.165, 1.54) is 17.4 Å². The van der Waals surface area contributed by atoms with E-state index in [-0.39, 0.29) is 9.90 Å². The molecule has 0 saturated carbocycles. The second-order valence-corrected chi connectivity index (χ2v) is 8.19. The highest BCUT2D eigenvalue weighted by Gasteiger charge is 2.18. The van der Waals surface area contributed by atoms with Crippen molar-refractivity contribution < 1.29 is 12.8 Å². The minimum atomic E-state index is -3.67. The van der Waals surface area contributed by atoms with Crippen LogP contribution in [0.3, 0.4) is 0 Å². The molecule has 0 aliphatic carbocycles. The van der Waals surface area contributed by atoms with Crippen LogP contribution in [0.25, 0.3) is 0 Å². The van der Waals surface area contributed by atoms with E-state index in [0.29, 0.717) is 10.0 Å².